The van der Waals surface area contributed by atoms with Crippen LogP contribution < -0.4 is 5.73 Å². The maximum atomic E-state index is 5.87. The van der Waals surface area contributed by atoms with Gasteiger partial charge in [-0.25, -0.2) is 4.98 Å². The van der Waals surface area contributed by atoms with Crippen LogP contribution in [-0.4, -0.2) is 4.98 Å². The van der Waals surface area contributed by atoms with Gasteiger partial charge in [-0.1, -0.05) is 39.0 Å². The van der Waals surface area contributed by atoms with Crippen LogP contribution in [0.5, 0.6) is 0 Å². The molecule has 0 saturated heterocycles. The highest BCUT2D eigenvalue weighted by Gasteiger charge is 2.03. The van der Waals surface area contributed by atoms with Crippen molar-refractivity contribution in [2.45, 2.75) is 58.8 Å². The fraction of sp³-hybridized carbons (Fsp3) is 0.643. The quantitative estimate of drug-likeness (QED) is 0.708. The summed E-state index contributed by atoms with van der Waals surface area (Å²) >= 11 is 0. The summed E-state index contributed by atoms with van der Waals surface area (Å²) in [6, 6.07) is 2.04. The molecule has 1 aromatic rings. The van der Waals surface area contributed by atoms with Crippen molar-refractivity contribution in [3.05, 3.63) is 23.4 Å². The zero-order valence-corrected chi connectivity index (χ0v) is 10.6. The van der Waals surface area contributed by atoms with Crippen molar-refractivity contribution < 1.29 is 0 Å². The summed E-state index contributed by atoms with van der Waals surface area (Å²) in [5.74, 6) is 0.716. The summed E-state index contributed by atoms with van der Waals surface area (Å²) in [7, 11) is 0. The summed E-state index contributed by atoms with van der Waals surface area (Å²) in [5.41, 5.74) is 8.40. The molecule has 90 valence electrons. The van der Waals surface area contributed by atoms with E-state index < -0.39 is 0 Å². The summed E-state index contributed by atoms with van der Waals surface area (Å²) < 4.78 is 0. The fourth-order valence-corrected chi connectivity index (χ4v) is 2.02. The van der Waals surface area contributed by atoms with E-state index in [0.717, 1.165) is 6.42 Å². The van der Waals surface area contributed by atoms with Crippen LogP contribution in [0.2, 0.25) is 0 Å². The molecule has 0 fully saturated rings. The van der Waals surface area contributed by atoms with Crippen molar-refractivity contribution in [3.8, 4) is 0 Å². The molecule has 1 heterocycles. The van der Waals surface area contributed by atoms with Gasteiger partial charge >= 0.3 is 0 Å². The van der Waals surface area contributed by atoms with E-state index in [1.165, 1.54) is 49.7 Å². The molecule has 0 aliphatic carbocycles. The van der Waals surface area contributed by atoms with E-state index in [1.807, 2.05) is 6.07 Å². The van der Waals surface area contributed by atoms with E-state index in [9.17, 15) is 0 Å². The van der Waals surface area contributed by atoms with Crippen LogP contribution in [0.3, 0.4) is 0 Å². The predicted molar refractivity (Wildman–Crippen MR) is 70.5 cm³/mol. The van der Waals surface area contributed by atoms with Crippen LogP contribution in [0, 0.1) is 6.92 Å². The zero-order chi connectivity index (χ0) is 11.8. The van der Waals surface area contributed by atoms with E-state index in [-0.39, 0.29) is 0 Å². The molecule has 2 nitrogen and oxygen atoms in total. The molecule has 2 N–H and O–H groups in total. The molecule has 16 heavy (non-hydrogen) atoms. The predicted octanol–water partition coefficient (Wildman–Crippen LogP) is 3.88. The number of anilines is 1. The molecule has 2 heteroatoms. The molecule has 0 aliphatic heterocycles. The standard InChI is InChI=1S/C14H24N2/c1-3-4-5-6-7-8-9-13-12(2)10-11-16-14(13)15/h10-11H,3-9H2,1-2H3,(H2,15,16). The number of nitrogen functional groups attached to an aromatic ring is 1. The van der Waals surface area contributed by atoms with Crippen molar-refractivity contribution in [1.29, 1.82) is 0 Å². The van der Waals surface area contributed by atoms with Gasteiger partial charge in [0, 0.05) is 6.20 Å². The monoisotopic (exact) mass is 220 g/mol. The minimum absolute atomic E-state index is 0.716. The summed E-state index contributed by atoms with van der Waals surface area (Å²) in [5, 5.41) is 0. The molecule has 0 aliphatic rings. The largest absolute Gasteiger partial charge is 0.383 e. The van der Waals surface area contributed by atoms with Crippen molar-refractivity contribution in [2.24, 2.45) is 0 Å². The second-order valence-electron chi connectivity index (χ2n) is 4.51. The molecule has 0 radical (unpaired) electrons. The van der Waals surface area contributed by atoms with Crippen molar-refractivity contribution in [3.63, 3.8) is 0 Å². The van der Waals surface area contributed by atoms with Gasteiger partial charge in [-0.3, -0.25) is 0 Å². The Labute approximate surface area is 99.3 Å². The molecular weight excluding hydrogens is 196 g/mol. The number of hydrogen-bond acceptors (Lipinski definition) is 2. The first-order valence-electron chi connectivity index (χ1n) is 6.45. The number of aryl methyl sites for hydroxylation is 1. The molecule has 0 amide bonds. The van der Waals surface area contributed by atoms with Crippen molar-refractivity contribution in [1.82, 2.24) is 4.98 Å². The minimum Gasteiger partial charge on any atom is -0.383 e. The number of unbranched alkanes of at least 4 members (excludes halogenated alkanes) is 5. The lowest BCUT2D eigenvalue weighted by Gasteiger charge is -2.07. The zero-order valence-electron chi connectivity index (χ0n) is 10.6. The highest BCUT2D eigenvalue weighted by molar-refractivity contribution is 5.43. The van der Waals surface area contributed by atoms with Gasteiger partial charge in [-0.15, -0.1) is 0 Å². The third kappa shape index (κ3) is 4.21. The molecule has 0 atom stereocenters. The first-order chi connectivity index (χ1) is 7.75. The van der Waals surface area contributed by atoms with Gasteiger partial charge in [-0.2, -0.15) is 0 Å². The SMILES string of the molecule is CCCCCCCCc1c(C)ccnc1N. The van der Waals surface area contributed by atoms with Gasteiger partial charge in [0.15, 0.2) is 0 Å². The Morgan fingerprint density at radius 3 is 2.50 bits per heavy atom. The Hall–Kier alpha value is -1.05. The average molecular weight is 220 g/mol. The summed E-state index contributed by atoms with van der Waals surface area (Å²) in [4.78, 5) is 4.15. The molecular formula is C14H24N2. The number of aromatic nitrogens is 1. The Kier molecular flexibility index (Phi) is 5.91. The maximum Gasteiger partial charge on any atom is 0.126 e. The third-order valence-electron chi connectivity index (χ3n) is 3.10. The van der Waals surface area contributed by atoms with Gasteiger partial charge in [0.25, 0.3) is 0 Å². The fourth-order valence-electron chi connectivity index (χ4n) is 2.02. The highest BCUT2D eigenvalue weighted by Crippen LogP contribution is 2.17. The number of nitrogens with two attached hydrogens (primary N) is 1. The first-order valence-corrected chi connectivity index (χ1v) is 6.45. The van der Waals surface area contributed by atoms with Gasteiger partial charge in [0.05, 0.1) is 0 Å². The van der Waals surface area contributed by atoms with E-state index in [0.29, 0.717) is 5.82 Å². The van der Waals surface area contributed by atoms with Gasteiger partial charge < -0.3 is 5.73 Å². The lowest BCUT2D eigenvalue weighted by atomic mass is 10.0. The van der Waals surface area contributed by atoms with E-state index >= 15 is 0 Å². The molecule has 1 rings (SSSR count). The van der Waals surface area contributed by atoms with Crippen molar-refractivity contribution in [2.75, 3.05) is 5.73 Å². The molecule has 1 aromatic heterocycles. The van der Waals surface area contributed by atoms with Crippen LogP contribution >= 0.6 is 0 Å². The average Bonchev–Trinajstić information content (AvgIpc) is 2.26. The minimum atomic E-state index is 0.716. The highest BCUT2D eigenvalue weighted by atomic mass is 14.8. The van der Waals surface area contributed by atoms with Crippen LogP contribution in [0.15, 0.2) is 12.3 Å². The molecule has 0 unspecified atom stereocenters. The summed E-state index contributed by atoms with van der Waals surface area (Å²) in [6.07, 6.45) is 10.8. The summed E-state index contributed by atoms with van der Waals surface area (Å²) in [6.45, 7) is 4.37. The second-order valence-corrected chi connectivity index (χ2v) is 4.51. The Morgan fingerprint density at radius 2 is 1.81 bits per heavy atom. The lowest BCUT2D eigenvalue weighted by Crippen LogP contribution is -2.00. The van der Waals surface area contributed by atoms with E-state index in [4.69, 9.17) is 5.73 Å². The number of hydrogen-bond donors (Lipinski definition) is 1. The van der Waals surface area contributed by atoms with Crippen LogP contribution in [0.4, 0.5) is 5.82 Å². The number of nitrogens with zero attached hydrogens (tertiary/aromatic N) is 1. The third-order valence-corrected chi connectivity index (χ3v) is 3.10. The maximum absolute atomic E-state index is 5.87. The molecule has 0 spiro atoms. The molecule has 0 bridgehead atoms. The van der Waals surface area contributed by atoms with Crippen LogP contribution in [0.25, 0.3) is 0 Å². The Bertz CT molecular complexity index is 287. The van der Waals surface area contributed by atoms with Gasteiger partial charge in [0.2, 0.25) is 0 Å². The normalized spacial score (nSPS) is 10.6. The number of pyridine rings is 1. The van der Waals surface area contributed by atoms with E-state index in [2.05, 4.69) is 18.8 Å². The van der Waals surface area contributed by atoms with Crippen LogP contribution in [-0.2, 0) is 6.42 Å². The van der Waals surface area contributed by atoms with Crippen molar-refractivity contribution >= 4 is 5.82 Å². The van der Waals surface area contributed by atoms with Crippen LogP contribution in [0.1, 0.15) is 56.6 Å². The molecule has 0 saturated carbocycles. The first kappa shape index (κ1) is 13.0. The molecule has 0 aromatic carbocycles. The Morgan fingerprint density at radius 1 is 1.12 bits per heavy atom. The number of rotatable bonds is 7. The van der Waals surface area contributed by atoms with Gasteiger partial charge in [0.1, 0.15) is 5.82 Å². The topological polar surface area (TPSA) is 38.9 Å². The second kappa shape index (κ2) is 7.26. The van der Waals surface area contributed by atoms with Gasteiger partial charge in [-0.05, 0) is 37.0 Å². The Balaban J connectivity index is 2.26. The lowest BCUT2D eigenvalue weighted by molar-refractivity contribution is 0.607. The smallest absolute Gasteiger partial charge is 0.126 e. The van der Waals surface area contributed by atoms with E-state index in [1.54, 1.807) is 6.20 Å².